The minimum Gasteiger partial charge on any atom is -0.496 e. The first-order chi connectivity index (χ1) is 18.1. The molecular formula is C30H34N2O6. The van der Waals surface area contributed by atoms with Crippen molar-refractivity contribution in [3.8, 4) is 16.9 Å². The normalized spacial score (nSPS) is 11.0. The van der Waals surface area contributed by atoms with E-state index in [0.29, 0.717) is 35.4 Å². The Kier molecular flexibility index (Phi) is 9.62. The smallest absolute Gasteiger partial charge is 0.338 e. The van der Waals surface area contributed by atoms with Crippen LogP contribution in [0.1, 0.15) is 57.4 Å². The minimum absolute atomic E-state index is 0.144. The topological polar surface area (TPSA) is 114 Å². The van der Waals surface area contributed by atoms with E-state index in [2.05, 4.69) is 10.6 Å². The Labute approximate surface area is 223 Å². The summed E-state index contributed by atoms with van der Waals surface area (Å²) in [5.41, 5.74) is 3.69. The number of amides is 2. The van der Waals surface area contributed by atoms with E-state index in [1.165, 1.54) is 13.2 Å². The number of hydrogen-bond acceptors (Lipinski definition) is 6. The van der Waals surface area contributed by atoms with Crippen molar-refractivity contribution in [1.29, 1.82) is 0 Å². The highest BCUT2D eigenvalue weighted by Crippen LogP contribution is 2.23. The largest absolute Gasteiger partial charge is 0.496 e. The highest BCUT2D eigenvalue weighted by molar-refractivity contribution is 6.00. The standard InChI is InChI=1S/C30H34N2O6/c1-30(2,3)38-29(36)23-11-9-22(10-12-23)21-7-5-20(6-8-21)15-16-31-28(35)25-14-13-24(19-26(25)37-4)27(34)32-17-18-33/h5-14,19,33H,15-18H2,1-4H3,(H,31,35)(H,32,34). The molecule has 200 valence electrons. The highest BCUT2D eigenvalue weighted by Gasteiger charge is 2.18. The molecular weight excluding hydrogens is 484 g/mol. The third kappa shape index (κ3) is 7.91. The summed E-state index contributed by atoms with van der Waals surface area (Å²) in [6.45, 7) is 5.92. The summed E-state index contributed by atoms with van der Waals surface area (Å²) < 4.78 is 10.7. The van der Waals surface area contributed by atoms with Gasteiger partial charge < -0.3 is 25.2 Å². The van der Waals surface area contributed by atoms with Crippen LogP contribution in [0.5, 0.6) is 5.75 Å². The fourth-order valence-electron chi connectivity index (χ4n) is 3.71. The van der Waals surface area contributed by atoms with Crippen molar-refractivity contribution in [3.05, 3.63) is 89.0 Å². The summed E-state index contributed by atoms with van der Waals surface area (Å²) in [5, 5.41) is 14.3. The van der Waals surface area contributed by atoms with Crippen LogP contribution in [0.15, 0.2) is 66.7 Å². The van der Waals surface area contributed by atoms with Gasteiger partial charge in [0.05, 0.1) is 24.8 Å². The van der Waals surface area contributed by atoms with Crippen LogP contribution in [0.4, 0.5) is 0 Å². The van der Waals surface area contributed by atoms with Gasteiger partial charge in [0.15, 0.2) is 0 Å². The SMILES string of the molecule is COc1cc(C(=O)NCCO)ccc1C(=O)NCCc1ccc(-c2ccc(C(=O)OC(C)(C)C)cc2)cc1. The summed E-state index contributed by atoms with van der Waals surface area (Å²) >= 11 is 0. The van der Waals surface area contributed by atoms with E-state index >= 15 is 0 Å². The molecule has 0 spiro atoms. The first-order valence-electron chi connectivity index (χ1n) is 12.4. The summed E-state index contributed by atoms with van der Waals surface area (Å²) in [6.07, 6.45) is 0.633. The van der Waals surface area contributed by atoms with Crippen LogP contribution in [0.25, 0.3) is 11.1 Å². The van der Waals surface area contributed by atoms with Crippen LogP contribution in [-0.4, -0.2) is 55.3 Å². The van der Waals surface area contributed by atoms with Crippen LogP contribution in [0, 0.1) is 0 Å². The van der Waals surface area contributed by atoms with Gasteiger partial charge >= 0.3 is 5.97 Å². The molecule has 8 nitrogen and oxygen atoms in total. The quantitative estimate of drug-likeness (QED) is 0.350. The molecule has 0 aliphatic heterocycles. The van der Waals surface area contributed by atoms with E-state index in [1.54, 1.807) is 24.3 Å². The molecule has 0 atom stereocenters. The lowest BCUT2D eigenvalue weighted by Gasteiger charge is -2.19. The molecule has 3 rings (SSSR count). The molecule has 0 aromatic heterocycles. The molecule has 0 heterocycles. The van der Waals surface area contributed by atoms with E-state index in [9.17, 15) is 14.4 Å². The van der Waals surface area contributed by atoms with Gasteiger partial charge in [0.2, 0.25) is 0 Å². The molecule has 0 fully saturated rings. The Morgan fingerprint density at radius 1 is 0.789 bits per heavy atom. The molecule has 0 unspecified atom stereocenters. The molecule has 0 saturated heterocycles. The van der Waals surface area contributed by atoms with E-state index in [4.69, 9.17) is 14.6 Å². The van der Waals surface area contributed by atoms with Crippen LogP contribution in [0.3, 0.4) is 0 Å². The van der Waals surface area contributed by atoms with E-state index in [0.717, 1.165) is 16.7 Å². The van der Waals surface area contributed by atoms with E-state index < -0.39 is 5.60 Å². The fourth-order valence-corrected chi connectivity index (χ4v) is 3.71. The zero-order chi connectivity index (χ0) is 27.7. The first kappa shape index (κ1) is 28.4. The van der Waals surface area contributed by atoms with Crippen molar-refractivity contribution in [1.82, 2.24) is 10.6 Å². The number of benzene rings is 3. The molecule has 38 heavy (non-hydrogen) atoms. The summed E-state index contributed by atoms with van der Waals surface area (Å²) in [4.78, 5) is 37.0. The van der Waals surface area contributed by atoms with Crippen molar-refractivity contribution < 1.29 is 29.0 Å². The van der Waals surface area contributed by atoms with Crippen LogP contribution < -0.4 is 15.4 Å². The van der Waals surface area contributed by atoms with Crippen molar-refractivity contribution in [2.45, 2.75) is 32.8 Å². The molecule has 0 radical (unpaired) electrons. The van der Waals surface area contributed by atoms with Gasteiger partial charge in [-0.05, 0) is 74.2 Å². The molecule has 0 bridgehead atoms. The Morgan fingerprint density at radius 3 is 1.95 bits per heavy atom. The number of carbonyl (C=O) groups is 3. The lowest BCUT2D eigenvalue weighted by Crippen LogP contribution is -2.28. The molecule has 0 aliphatic carbocycles. The number of carbonyl (C=O) groups excluding carboxylic acids is 3. The average molecular weight is 519 g/mol. The minimum atomic E-state index is -0.541. The number of methoxy groups -OCH3 is 1. The Balaban J connectivity index is 1.55. The Bertz CT molecular complexity index is 1260. The van der Waals surface area contributed by atoms with Crippen LogP contribution in [-0.2, 0) is 11.2 Å². The van der Waals surface area contributed by atoms with Gasteiger partial charge in [-0.1, -0.05) is 36.4 Å². The third-order valence-corrected chi connectivity index (χ3v) is 5.61. The van der Waals surface area contributed by atoms with E-state index in [1.807, 2.05) is 57.2 Å². The Morgan fingerprint density at radius 2 is 1.37 bits per heavy atom. The average Bonchev–Trinajstić information content (AvgIpc) is 2.90. The molecule has 0 saturated carbocycles. The van der Waals surface area contributed by atoms with Gasteiger partial charge in [-0.2, -0.15) is 0 Å². The van der Waals surface area contributed by atoms with Crippen molar-refractivity contribution in [2.75, 3.05) is 26.8 Å². The maximum absolute atomic E-state index is 12.7. The zero-order valence-corrected chi connectivity index (χ0v) is 22.2. The molecule has 3 N–H and O–H groups in total. The second-order valence-corrected chi connectivity index (χ2v) is 9.68. The van der Waals surface area contributed by atoms with Gasteiger partial charge in [-0.25, -0.2) is 4.79 Å². The number of hydrogen-bond donors (Lipinski definition) is 3. The molecule has 3 aromatic rings. The second-order valence-electron chi connectivity index (χ2n) is 9.68. The summed E-state index contributed by atoms with van der Waals surface area (Å²) in [5.74, 6) is -0.711. The van der Waals surface area contributed by atoms with Crippen LogP contribution >= 0.6 is 0 Å². The fraction of sp³-hybridized carbons (Fsp3) is 0.300. The summed E-state index contributed by atoms with van der Waals surface area (Å²) in [7, 11) is 1.44. The lowest BCUT2D eigenvalue weighted by molar-refractivity contribution is 0.00693. The maximum atomic E-state index is 12.7. The van der Waals surface area contributed by atoms with Gasteiger partial charge in [0.1, 0.15) is 11.4 Å². The predicted molar refractivity (Wildman–Crippen MR) is 145 cm³/mol. The molecule has 3 aromatic carbocycles. The van der Waals surface area contributed by atoms with Crippen molar-refractivity contribution >= 4 is 17.8 Å². The number of ether oxygens (including phenoxy) is 2. The number of nitrogens with one attached hydrogen (secondary N) is 2. The number of aliphatic hydroxyl groups excluding tert-OH is 1. The number of aliphatic hydroxyl groups is 1. The monoisotopic (exact) mass is 518 g/mol. The second kappa shape index (κ2) is 12.9. The highest BCUT2D eigenvalue weighted by atomic mass is 16.6. The predicted octanol–water partition coefficient (Wildman–Crippen LogP) is 4.01. The summed E-state index contributed by atoms with van der Waals surface area (Å²) in [6, 6.07) is 19.9. The maximum Gasteiger partial charge on any atom is 0.338 e. The lowest BCUT2D eigenvalue weighted by atomic mass is 10.0. The van der Waals surface area contributed by atoms with Gasteiger partial charge in [0.25, 0.3) is 11.8 Å². The van der Waals surface area contributed by atoms with Crippen molar-refractivity contribution in [3.63, 3.8) is 0 Å². The third-order valence-electron chi connectivity index (χ3n) is 5.61. The number of rotatable bonds is 10. The zero-order valence-electron chi connectivity index (χ0n) is 22.2. The van der Waals surface area contributed by atoms with E-state index in [-0.39, 0.29) is 30.9 Å². The van der Waals surface area contributed by atoms with Gasteiger partial charge in [-0.3, -0.25) is 9.59 Å². The van der Waals surface area contributed by atoms with Gasteiger partial charge in [-0.15, -0.1) is 0 Å². The first-order valence-corrected chi connectivity index (χ1v) is 12.4. The van der Waals surface area contributed by atoms with Crippen molar-refractivity contribution in [2.24, 2.45) is 0 Å². The van der Waals surface area contributed by atoms with Crippen LogP contribution in [0.2, 0.25) is 0 Å². The molecule has 8 heteroatoms. The molecule has 0 aliphatic rings. The number of esters is 1. The van der Waals surface area contributed by atoms with Gasteiger partial charge in [0, 0.05) is 18.7 Å². The Hall–Kier alpha value is -4.17. The molecule has 2 amide bonds.